The van der Waals surface area contributed by atoms with E-state index in [1.807, 2.05) is 6.92 Å². The van der Waals surface area contributed by atoms with Crippen LogP contribution in [0, 0.1) is 0 Å². The average Bonchev–Trinajstić information content (AvgIpc) is 2.38. The predicted octanol–water partition coefficient (Wildman–Crippen LogP) is 3.09. The van der Waals surface area contributed by atoms with Crippen molar-refractivity contribution in [1.82, 2.24) is 5.48 Å². The Hall–Kier alpha value is -1.76. The van der Waals surface area contributed by atoms with Crippen molar-refractivity contribution in [2.45, 2.75) is 25.9 Å². The van der Waals surface area contributed by atoms with E-state index in [2.05, 4.69) is 4.84 Å². The van der Waals surface area contributed by atoms with E-state index in [0.717, 1.165) is 12.8 Å². The SMILES string of the molecule is CCCCOc1ccc(C(=O)NOCC(F)(F)F)cc1. The number of halogens is 3. The van der Waals surface area contributed by atoms with E-state index in [0.29, 0.717) is 12.4 Å². The highest BCUT2D eigenvalue weighted by atomic mass is 19.4. The topological polar surface area (TPSA) is 47.6 Å². The first kappa shape index (κ1) is 16.3. The molecule has 112 valence electrons. The van der Waals surface area contributed by atoms with Crippen molar-refractivity contribution in [3.8, 4) is 5.75 Å². The fourth-order valence-corrected chi connectivity index (χ4v) is 1.28. The van der Waals surface area contributed by atoms with Gasteiger partial charge < -0.3 is 4.74 Å². The number of alkyl halides is 3. The summed E-state index contributed by atoms with van der Waals surface area (Å²) < 4.78 is 40.8. The molecule has 0 bridgehead atoms. The van der Waals surface area contributed by atoms with Crippen LogP contribution in [0.25, 0.3) is 0 Å². The van der Waals surface area contributed by atoms with Gasteiger partial charge in [-0.2, -0.15) is 13.2 Å². The molecule has 0 atom stereocenters. The normalized spacial score (nSPS) is 11.2. The number of hydrogen-bond acceptors (Lipinski definition) is 3. The fraction of sp³-hybridized carbons (Fsp3) is 0.462. The molecule has 0 saturated heterocycles. The number of nitrogens with one attached hydrogen (secondary N) is 1. The number of ether oxygens (including phenoxy) is 1. The van der Waals surface area contributed by atoms with Crippen LogP contribution >= 0.6 is 0 Å². The first-order chi connectivity index (χ1) is 9.42. The van der Waals surface area contributed by atoms with Gasteiger partial charge in [-0.1, -0.05) is 13.3 Å². The number of hydroxylamine groups is 1. The van der Waals surface area contributed by atoms with Gasteiger partial charge in [0.2, 0.25) is 0 Å². The molecule has 4 nitrogen and oxygen atoms in total. The highest BCUT2D eigenvalue weighted by Crippen LogP contribution is 2.15. The van der Waals surface area contributed by atoms with E-state index in [1.54, 1.807) is 17.6 Å². The number of carbonyl (C=O) groups excluding carboxylic acids is 1. The average molecular weight is 291 g/mol. The lowest BCUT2D eigenvalue weighted by molar-refractivity contribution is -0.184. The summed E-state index contributed by atoms with van der Waals surface area (Å²) in [5, 5.41) is 0. The molecular formula is C13H16F3NO3. The van der Waals surface area contributed by atoms with Gasteiger partial charge in [0.25, 0.3) is 5.91 Å². The zero-order valence-corrected chi connectivity index (χ0v) is 11.0. The van der Waals surface area contributed by atoms with Gasteiger partial charge in [0, 0.05) is 5.56 Å². The maximum absolute atomic E-state index is 11.8. The molecule has 7 heteroatoms. The summed E-state index contributed by atoms with van der Waals surface area (Å²) in [6.45, 7) is 1.09. The molecule has 0 aliphatic carbocycles. The minimum absolute atomic E-state index is 0.190. The first-order valence-corrected chi connectivity index (χ1v) is 6.14. The van der Waals surface area contributed by atoms with Gasteiger partial charge in [-0.3, -0.25) is 9.63 Å². The van der Waals surface area contributed by atoms with E-state index in [-0.39, 0.29) is 5.56 Å². The Bertz CT molecular complexity index is 418. The Morgan fingerprint density at radius 3 is 2.45 bits per heavy atom. The van der Waals surface area contributed by atoms with Crippen LogP contribution in [0.5, 0.6) is 5.75 Å². The third-order valence-electron chi connectivity index (χ3n) is 2.28. The molecule has 0 aromatic heterocycles. The number of rotatable bonds is 7. The molecule has 0 heterocycles. The summed E-state index contributed by atoms with van der Waals surface area (Å²) in [5.74, 6) is -0.138. The molecule has 0 saturated carbocycles. The van der Waals surface area contributed by atoms with Gasteiger partial charge in [-0.05, 0) is 30.7 Å². The van der Waals surface area contributed by atoms with Gasteiger partial charge in [0.1, 0.15) is 5.75 Å². The van der Waals surface area contributed by atoms with Crippen molar-refractivity contribution in [2.24, 2.45) is 0 Å². The van der Waals surface area contributed by atoms with E-state index in [9.17, 15) is 18.0 Å². The maximum atomic E-state index is 11.8. The Balaban J connectivity index is 2.41. The second kappa shape index (κ2) is 7.74. The highest BCUT2D eigenvalue weighted by Gasteiger charge is 2.28. The van der Waals surface area contributed by atoms with Crippen molar-refractivity contribution in [3.05, 3.63) is 29.8 Å². The number of benzene rings is 1. The molecule has 1 aromatic rings. The summed E-state index contributed by atoms with van der Waals surface area (Å²) in [4.78, 5) is 15.5. The predicted molar refractivity (Wildman–Crippen MR) is 66.3 cm³/mol. The zero-order chi connectivity index (χ0) is 15.0. The van der Waals surface area contributed by atoms with Gasteiger partial charge in [0.15, 0.2) is 6.61 Å². The number of carbonyl (C=O) groups is 1. The largest absolute Gasteiger partial charge is 0.494 e. The van der Waals surface area contributed by atoms with Crippen molar-refractivity contribution in [2.75, 3.05) is 13.2 Å². The molecule has 0 spiro atoms. The molecule has 0 aliphatic heterocycles. The van der Waals surface area contributed by atoms with Crippen LogP contribution in [0.2, 0.25) is 0 Å². The van der Waals surface area contributed by atoms with Crippen molar-refractivity contribution < 1.29 is 27.5 Å². The number of hydrogen-bond donors (Lipinski definition) is 1. The van der Waals surface area contributed by atoms with Gasteiger partial charge in [0.05, 0.1) is 6.61 Å². The minimum Gasteiger partial charge on any atom is -0.494 e. The van der Waals surface area contributed by atoms with Crippen LogP contribution in [-0.2, 0) is 4.84 Å². The number of amides is 1. The third-order valence-corrected chi connectivity index (χ3v) is 2.28. The van der Waals surface area contributed by atoms with E-state index in [4.69, 9.17) is 4.74 Å². The quantitative estimate of drug-likeness (QED) is 0.620. The van der Waals surface area contributed by atoms with Crippen LogP contribution in [0.1, 0.15) is 30.1 Å². The van der Waals surface area contributed by atoms with Gasteiger partial charge in [-0.25, -0.2) is 5.48 Å². The Morgan fingerprint density at radius 2 is 1.90 bits per heavy atom. The summed E-state index contributed by atoms with van der Waals surface area (Å²) in [6, 6.07) is 6.06. The smallest absolute Gasteiger partial charge is 0.414 e. The van der Waals surface area contributed by atoms with E-state index in [1.165, 1.54) is 12.1 Å². The Labute approximate surface area is 114 Å². The maximum Gasteiger partial charge on any atom is 0.414 e. The molecule has 0 fully saturated rings. The van der Waals surface area contributed by atoms with Crippen LogP contribution in [-0.4, -0.2) is 25.3 Å². The lowest BCUT2D eigenvalue weighted by Gasteiger charge is -2.09. The molecule has 0 aliphatic rings. The second-order valence-electron chi connectivity index (χ2n) is 4.06. The van der Waals surface area contributed by atoms with Crippen LogP contribution in [0.3, 0.4) is 0 Å². The minimum atomic E-state index is -4.48. The first-order valence-electron chi connectivity index (χ1n) is 6.14. The summed E-state index contributed by atoms with van der Waals surface area (Å²) in [5.41, 5.74) is 1.92. The van der Waals surface area contributed by atoms with Crippen LogP contribution < -0.4 is 10.2 Å². The lowest BCUT2D eigenvalue weighted by Crippen LogP contribution is -2.29. The van der Waals surface area contributed by atoms with Crippen molar-refractivity contribution in [1.29, 1.82) is 0 Å². The Kier molecular flexibility index (Phi) is 6.30. The van der Waals surface area contributed by atoms with Gasteiger partial charge in [-0.15, -0.1) is 0 Å². The summed E-state index contributed by atoms with van der Waals surface area (Å²) in [6.07, 6.45) is -2.55. The standard InChI is InChI=1S/C13H16F3NO3/c1-2-3-8-19-11-6-4-10(5-7-11)12(18)17-20-9-13(14,15)16/h4-7H,2-3,8-9H2,1H3,(H,17,18). The van der Waals surface area contributed by atoms with Crippen molar-refractivity contribution >= 4 is 5.91 Å². The number of unbranched alkanes of at least 4 members (excludes halogenated alkanes) is 1. The molecular weight excluding hydrogens is 275 g/mol. The lowest BCUT2D eigenvalue weighted by atomic mass is 10.2. The fourth-order valence-electron chi connectivity index (χ4n) is 1.28. The van der Waals surface area contributed by atoms with Crippen molar-refractivity contribution in [3.63, 3.8) is 0 Å². The molecule has 1 N–H and O–H groups in total. The van der Waals surface area contributed by atoms with Gasteiger partial charge >= 0.3 is 6.18 Å². The monoisotopic (exact) mass is 291 g/mol. The molecule has 0 unspecified atom stereocenters. The molecule has 0 radical (unpaired) electrons. The third kappa shape index (κ3) is 6.42. The zero-order valence-electron chi connectivity index (χ0n) is 11.0. The molecule has 20 heavy (non-hydrogen) atoms. The molecule has 1 aromatic carbocycles. The van der Waals surface area contributed by atoms with Crippen LogP contribution in [0.15, 0.2) is 24.3 Å². The molecule has 1 amide bonds. The van der Waals surface area contributed by atoms with E-state index < -0.39 is 18.7 Å². The Morgan fingerprint density at radius 1 is 1.25 bits per heavy atom. The summed E-state index contributed by atoms with van der Waals surface area (Å²) in [7, 11) is 0. The second-order valence-corrected chi connectivity index (χ2v) is 4.06. The summed E-state index contributed by atoms with van der Waals surface area (Å²) >= 11 is 0. The molecule has 1 rings (SSSR count). The van der Waals surface area contributed by atoms with E-state index >= 15 is 0 Å². The highest BCUT2D eigenvalue weighted by molar-refractivity contribution is 5.93. The van der Waals surface area contributed by atoms with Crippen LogP contribution in [0.4, 0.5) is 13.2 Å².